The maximum Gasteiger partial charge on any atom is 0 e. The summed E-state index contributed by atoms with van der Waals surface area (Å²) in [5, 5.41) is 0. The first-order valence-corrected chi connectivity index (χ1v) is 0. The zero-order chi connectivity index (χ0) is 0. The second kappa shape index (κ2) is 71.9. The van der Waals surface area contributed by atoms with Crippen molar-refractivity contribution in [2.24, 2.45) is 0 Å². The Morgan fingerprint density at radius 1 is 0.600 bits per heavy atom. The van der Waals surface area contributed by atoms with Crippen molar-refractivity contribution < 1.29 is 0 Å². The van der Waals surface area contributed by atoms with Gasteiger partial charge in [-0.3, -0.25) is 0 Å². The fourth-order valence-electron chi connectivity index (χ4n) is 0. The highest BCUT2D eigenvalue weighted by Gasteiger charge is 0.0000342. The Kier molecular flexibility index (Phi) is 1920. The summed E-state index contributed by atoms with van der Waals surface area (Å²) in [5.41, 5.74) is 0. The van der Waals surface area contributed by atoms with Gasteiger partial charge in [-0.1, -0.05) is 7.43 Å². The quantitative estimate of drug-likeness (QED) is 0.463. The van der Waals surface area contributed by atoms with E-state index in [1.807, 2.05) is 0 Å². The molecule has 4 heteroatoms. The van der Waals surface area contributed by atoms with Crippen molar-refractivity contribution in [3.8, 4) is 0 Å². The molecule has 0 aliphatic heterocycles. The van der Waals surface area contributed by atoms with Crippen LogP contribution < -0.4 is 0 Å². The zero-order valence-electron chi connectivity index (χ0n) is 1.72. The van der Waals surface area contributed by atoms with E-state index in [4.69, 9.17) is 0 Å². The normalized spacial score (nSPS) is 0. The molecule has 0 heterocycles. The molecular weight excluding hydrogens is 146 g/mol. The minimum absolute atomic E-state index is 0. The molecule has 0 saturated heterocycles. The summed E-state index contributed by atoms with van der Waals surface area (Å²) in [6.07, 6.45) is 0. The summed E-state index contributed by atoms with van der Waals surface area (Å²) in [4.78, 5) is 0. The highest BCUT2D eigenvalue weighted by molar-refractivity contribution is 5.86. The van der Waals surface area contributed by atoms with Crippen molar-refractivity contribution in [1.29, 1.82) is 0 Å². The van der Waals surface area contributed by atoms with Crippen LogP contribution in [0.15, 0.2) is 0 Å². The van der Waals surface area contributed by atoms with Crippen LogP contribution >= 0.6 is 37.2 Å². The summed E-state index contributed by atoms with van der Waals surface area (Å²) in [7, 11) is 0. The van der Waals surface area contributed by atoms with Crippen molar-refractivity contribution in [3.05, 3.63) is 0 Å². The molecule has 0 fully saturated rings. The summed E-state index contributed by atoms with van der Waals surface area (Å²) in [6, 6.07) is 0. The lowest BCUT2D eigenvalue weighted by Gasteiger charge is -0.148. The van der Waals surface area contributed by atoms with Crippen LogP contribution in [-0.4, -0.2) is 11.0 Å². The molecule has 0 spiro atoms. The predicted molar refractivity (Wildman–Crippen MR) is 34.2 cm³/mol. The van der Waals surface area contributed by atoms with Crippen molar-refractivity contribution in [2.45, 2.75) is 7.43 Å². The fraction of sp³-hybridized carbons (Fsp3) is 1.00. The molecular formula is CH7Cl3Si. The van der Waals surface area contributed by atoms with Crippen LogP contribution in [0.1, 0.15) is 7.43 Å². The first kappa shape index (κ1) is 133. The monoisotopic (exact) mass is 152 g/mol. The average molecular weight is 154 g/mol. The molecule has 0 aromatic carbocycles. The molecule has 0 saturated carbocycles. The maximum absolute atomic E-state index is 0. The van der Waals surface area contributed by atoms with Gasteiger partial charge in [-0.25, -0.2) is 0 Å². The molecule has 0 rings (SSSR count). The Morgan fingerprint density at radius 3 is 0.600 bits per heavy atom. The predicted octanol–water partition coefficient (Wildman–Crippen LogP) is 1.52. The lowest BCUT2D eigenvalue weighted by Crippen LogP contribution is -0.381. The number of hydrogen-bond donors (Lipinski definition) is 0. The highest BCUT2D eigenvalue weighted by atomic mass is 35.5. The van der Waals surface area contributed by atoms with Crippen LogP contribution in [0.4, 0.5) is 0 Å². The van der Waals surface area contributed by atoms with Gasteiger partial charge in [0.15, 0.2) is 0 Å². The third kappa shape index (κ3) is 41.0. The van der Waals surface area contributed by atoms with E-state index in [9.17, 15) is 0 Å². The van der Waals surface area contributed by atoms with Crippen molar-refractivity contribution >= 4 is 48.2 Å². The van der Waals surface area contributed by atoms with Gasteiger partial charge in [-0.05, 0) is 0 Å². The molecule has 4 radical (unpaired) electrons. The number of hydrogen-bond acceptors (Lipinski definition) is 0. The van der Waals surface area contributed by atoms with Crippen LogP contribution in [0.25, 0.3) is 0 Å². The molecule has 0 aliphatic rings. The van der Waals surface area contributed by atoms with E-state index in [1.54, 1.807) is 0 Å². The van der Waals surface area contributed by atoms with E-state index in [0.29, 0.717) is 0 Å². The Hall–Kier alpha value is 1.09. The average Bonchev–Trinajstić information content (AvgIpc) is 0. The van der Waals surface area contributed by atoms with Gasteiger partial charge in [-0.15, -0.1) is 37.2 Å². The maximum atomic E-state index is 0. The van der Waals surface area contributed by atoms with Crippen LogP contribution in [0.3, 0.4) is 0 Å². The van der Waals surface area contributed by atoms with Crippen molar-refractivity contribution in [3.63, 3.8) is 0 Å². The minimum atomic E-state index is 0. The number of rotatable bonds is 0. The first-order valence-electron chi connectivity index (χ1n) is 0. The Bertz CT molecular complexity index is 6.85. The smallest absolute Gasteiger partial charge is 0 e. The van der Waals surface area contributed by atoms with Crippen molar-refractivity contribution in [2.75, 3.05) is 0 Å². The fourth-order valence-corrected chi connectivity index (χ4v) is 0. The molecule has 0 N–H and O–H groups in total. The van der Waals surface area contributed by atoms with Gasteiger partial charge in [0.05, 0.1) is 0 Å². The van der Waals surface area contributed by atoms with Crippen molar-refractivity contribution in [1.82, 2.24) is 0 Å². The van der Waals surface area contributed by atoms with Crippen LogP contribution in [0.5, 0.6) is 0 Å². The summed E-state index contributed by atoms with van der Waals surface area (Å²) < 4.78 is 0. The SMILES string of the molecule is C.Cl.Cl.Cl.[Si]. The lowest BCUT2D eigenvalue weighted by atomic mass is 12.0. The highest BCUT2D eigenvalue weighted by Crippen LogP contribution is 0.692. The van der Waals surface area contributed by atoms with Gasteiger partial charge in [0, 0.05) is 11.0 Å². The summed E-state index contributed by atoms with van der Waals surface area (Å²) >= 11 is 0. The van der Waals surface area contributed by atoms with E-state index in [2.05, 4.69) is 0 Å². The third-order valence-corrected chi connectivity index (χ3v) is 0. The summed E-state index contributed by atoms with van der Waals surface area (Å²) in [6.45, 7) is 0. The Labute approximate surface area is 56.0 Å². The standard InChI is InChI=1S/CH4.3ClH.Si/h1H4;3*1H;. The zero-order valence-corrected chi connectivity index (χ0v) is 5.17. The van der Waals surface area contributed by atoms with Gasteiger partial charge in [0.2, 0.25) is 0 Å². The van der Waals surface area contributed by atoms with Gasteiger partial charge in [-0.2, -0.15) is 0 Å². The lowest BCUT2D eigenvalue weighted by molar-refractivity contribution is 2.50. The molecule has 0 bridgehead atoms. The molecule has 36 valence electrons. The molecule has 0 aromatic heterocycles. The minimum Gasteiger partial charge on any atom is -0.147 e. The van der Waals surface area contributed by atoms with Crippen LogP contribution in [-0.2, 0) is 0 Å². The van der Waals surface area contributed by atoms with Crippen LogP contribution in [0.2, 0.25) is 0 Å². The topological polar surface area (TPSA) is 0 Å². The second-order valence-corrected chi connectivity index (χ2v) is 0. The summed E-state index contributed by atoms with van der Waals surface area (Å²) in [5.74, 6) is 0. The van der Waals surface area contributed by atoms with Crippen LogP contribution in [0, 0.1) is 0 Å². The van der Waals surface area contributed by atoms with Gasteiger partial charge < -0.3 is 0 Å². The largest absolute Gasteiger partial charge is 0.147 e. The molecule has 0 aliphatic carbocycles. The van der Waals surface area contributed by atoms with E-state index in [1.165, 1.54) is 0 Å². The Morgan fingerprint density at radius 2 is 0.600 bits per heavy atom. The first-order chi connectivity index (χ1) is 0. The molecule has 0 nitrogen and oxygen atoms in total. The van der Waals surface area contributed by atoms with E-state index < -0.39 is 0 Å². The number of halogens is 3. The Balaban J connectivity index is 0. The van der Waals surface area contributed by atoms with Gasteiger partial charge in [0.25, 0.3) is 0 Å². The molecule has 5 heavy (non-hydrogen) atoms. The molecule has 0 amide bonds. The molecule has 0 unspecified atom stereocenters. The molecule has 0 atom stereocenters. The van der Waals surface area contributed by atoms with Gasteiger partial charge in [0.1, 0.15) is 0 Å². The van der Waals surface area contributed by atoms with Gasteiger partial charge >= 0.3 is 0 Å². The third-order valence-electron chi connectivity index (χ3n) is 0. The van der Waals surface area contributed by atoms with E-state index in [0.717, 1.165) is 0 Å². The second-order valence-electron chi connectivity index (χ2n) is 0. The van der Waals surface area contributed by atoms with E-state index >= 15 is 0 Å². The molecule has 0 aromatic rings. The van der Waals surface area contributed by atoms with E-state index in [-0.39, 0.29) is 55.6 Å².